The highest BCUT2D eigenvalue weighted by molar-refractivity contribution is 8.03. The van der Waals surface area contributed by atoms with Gasteiger partial charge in [0.15, 0.2) is 8.68 Å². The first-order chi connectivity index (χ1) is 9.55. The molecule has 0 aliphatic carbocycles. The SMILES string of the molecule is CCSc1nnc(SCC(=O)NC(=O)N[C@@H](C)CC)s1. The van der Waals surface area contributed by atoms with Gasteiger partial charge < -0.3 is 5.32 Å². The van der Waals surface area contributed by atoms with Crippen molar-refractivity contribution in [2.24, 2.45) is 0 Å². The summed E-state index contributed by atoms with van der Waals surface area (Å²) in [6.45, 7) is 5.89. The first-order valence-electron chi connectivity index (χ1n) is 6.24. The van der Waals surface area contributed by atoms with E-state index in [1.54, 1.807) is 11.8 Å². The summed E-state index contributed by atoms with van der Waals surface area (Å²) >= 11 is 4.35. The zero-order valence-electron chi connectivity index (χ0n) is 11.6. The van der Waals surface area contributed by atoms with E-state index in [0.29, 0.717) is 0 Å². The lowest BCUT2D eigenvalue weighted by Gasteiger charge is -2.11. The summed E-state index contributed by atoms with van der Waals surface area (Å²) < 4.78 is 1.63. The Morgan fingerprint density at radius 2 is 1.90 bits per heavy atom. The maximum atomic E-state index is 11.6. The molecule has 0 aromatic carbocycles. The largest absolute Gasteiger partial charge is 0.335 e. The lowest BCUT2D eigenvalue weighted by molar-refractivity contribution is -0.117. The Balaban J connectivity index is 2.30. The van der Waals surface area contributed by atoms with E-state index in [-0.39, 0.29) is 17.7 Å². The highest BCUT2D eigenvalue weighted by Gasteiger charge is 2.12. The minimum Gasteiger partial charge on any atom is -0.335 e. The van der Waals surface area contributed by atoms with E-state index >= 15 is 0 Å². The Morgan fingerprint density at radius 3 is 2.50 bits per heavy atom. The summed E-state index contributed by atoms with van der Waals surface area (Å²) in [6.07, 6.45) is 0.818. The number of urea groups is 1. The van der Waals surface area contributed by atoms with Crippen molar-refractivity contribution in [2.45, 2.75) is 41.9 Å². The second-order valence-corrected chi connectivity index (χ2v) is 7.60. The molecule has 0 aliphatic heterocycles. The standard InChI is InChI=1S/C11H18N4O2S3/c1-4-7(3)12-9(17)13-8(16)6-19-11-15-14-10(20-11)18-5-2/h7H,4-6H2,1-3H3,(H2,12,13,16,17)/t7-/m0/s1. The number of aromatic nitrogens is 2. The van der Waals surface area contributed by atoms with Crippen LogP contribution in [0.4, 0.5) is 4.79 Å². The van der Waals surface area contributed by atoms with Crippen molar-refractivity contribution in [3.63, 3.8) is 0 Å². The monoisotopic (exact) mass is 334 g/mol. The quantitative estimate of drug-likeness (QED) is 0.745. The maximum Gasteiger partial charge on any atom is 0.321 e. The lowest BCUT2D eigenvalue weighted by atomic mass is 10.3. The molecule has 1 rings (SSSR count). The van der Waals surface area contributed by atoms with Crippen LogP contribution in [0.1, 0.15) is 27.2 Å². The van der Waals surface area contributed by atoms with Gasteiger partial charge >= 0.3 is 6.03 Å². The zero-order valence-corrected chi connectivity index (χ0v) is 14.1. The molecule has 20 heavy (non-hydrogen) atoms. The number of nitrogens with zero attached hydrogens (tertiary/aromatic N) is 2. The predicted octanol–water partition coefficient (Wildman–Crippen LogP) is 2.37. The van der Waals surface area contributed by atoms with E-state index in [2.05, 4.69) is 20.8 Å². The summed E-state index contributed by atoms with van der Waals surface area (Å²) in [4.78, 5) is 23.0. The fraction of sp³-hybridized carbons (Fsp3) is 0.636. The minimum atomic E-state index is -0.454. The van der Waals surface area contributed by atoms with Gasteiger partial charge in [0.25, 0.3) is 0 Å². The molecule has 1 atom stereocenters. The van der Waals surface area contributed by atoms with Crippen molar-refractivity contribution in [3.8, 4) is 0 Å². The van der Waals surface area contributed by atoms with Crippen LogP contribution in [-0.4, -0.2) is 39.7 Å². The van der Waals surface area contributed by atoms with Gasteiger partial charge in [-0.3, -0.25) is 10.1 Å². The average Bonchev–Trinajstić information content (AvgIpc) is 2.84. The summed E-state index contributed by atoms with van der Waals surface area (Å²) in [5, 5.41) is 12.9. The topological polar surface area (TPSA) is 84.0 Å². The van der Waals surface area contributed by atoms with Crippen LogP contribution >= 0.6 is 34.9 Å². The number of hydrogen-bond donors (Lipinski definition) is 2. The van der Waals surface area contributed by atoms with Crippen LogP contribution in [0, 0.1) is 0 Å². The van der Waals surface area contributed by atoms with Crippen LogP contribution in [0.3, 0.4) is 0 Å². The molecule has 3 amide bonds. The van der Waals surface area contributed by atoms with Crippen molar-refractivity contribution in [3.05, 3.63) is 0 Å². The summed E-state index contributed by atoms with van der Waals surface area (Å²) in [5.41, 5.74) is 0. The normalized spacial score (nSPS) is 11.9. The van der Waals surface area contributed by atoms with E-state index < -0.39 is 6.03 Å². The van der Waals surface area contributed by atoms with Gasteiger partial charge in [0.1, 0.15) is 0 Å². The molecule has 2 N–H and O–H groups in total. The predicted molar refractivity (Wildman–Crippen MR) is 83.5 cm³/mol. The third-order valence-electron chi connectivity index (χ3n) is 2.23. The molecule has 1 heterocycles. The highest BCUT2D eigenvalue weighted by Crippen LogP contribution is 2.28. The van der Waals surface area contributed by atoms with Gasteiger partial charge in [0.05, 0.1) is 5.75 Å². The third kappa shape index (κ3) is 6.58. The Kier molecular flexibility index (Phi) is 7.93. The molecule has 6 nitrogen and oxygen atoms in total. The molecule has 9 heteroatoms. The Morgan fingerprint density at radius 1 is 1.25 bits per heavy atom. The van der Waals surface area contributed by atoms with Crippen molar-refractivity contribution in [1.82, 2.24) is 20.8 Å². The van der Waals surface area contributed by atoms with Gasteiger partial charge in [0.2, 0.25) is 5.91 Å². The molecule has 0 unspecified atom stereocenters. The minimum absolute atomic E-state index is 0.0484. The zero-order chi connectivity index (χ0) is 15.0. The number of amides is 3. The summed E-state index contributed by atoms with van der Waals surface area (Å²) in [7, 11) is 0. The van der Waals surface area contributed by atoms with Crippen LogP contribution in [0.15, 0.2) is 8.68 Å². The van der Waals surface area contributed by atoms with Crippen molar-refractivity contribution in [1.29, 1.82) is 0 Å². The van der Waals surface area contributed by atoms with E-state index in [9.17, 15) is 9.59 Å². The molecule has 1 aromatic heterocycles. The molecule has 0 fully saturated rings. The molecule has 0 radical (unpaired) electrons. The molecule has 112 valence electrons. The van der Waals surface area contributed by atoms with Crippen LogP contribution in [0.5, 0.6) is 0 Å². The van der Waals surface area contributed by atoms with E-state index in [0.717, 1.165) is 20.9 Å². The highest BCUT2D eigenvalue weighted by atomic mass is 32.2. The number of hydrogen-bond acceptors (Lipinski definition) is 7. The Bertz CT molecular complexity index is 453. The second-order valence-electron chi connectivity index (χ2n) is 3.89. The van der Waals surface area contributed by atoms with Gasteiger partial charge in [-0.25, -0.2) is 4.79 Å². The summed E-state index contributed by atoms with van der Waals surface area (Å²) in [5.74, 6) is 0.755. The van der Waals surface area contributed by atoms with Gasteiger partial charge in [-0.2, -0.15) is 0 Å². The van der Waals surface area contributed by atoms with Gasteiger partial charge in [0, 0.05) is 6.04 Å². The Labute approximate surface area is 130 Å². The molecule has 0 bridgehead atoms. The second kappa shape index (κ2) is 9.19. The number of rotatable bonds is 7. The van der Waals surface area contributed by atoms with Gasteiger partial charge in [-0.05, 0) is 19.1 Å². The van der Waals surface area contributed by atoms with Crippen molar-refractivity contribution in [2.75, 3.05) is 11.5 Å². The lowest BCUT2D eigenvalue weighted by Crippen LogP contribution is -2.43. The van der Waals surface area contributed by atoms with E-state index in [1.165, 1.54) is 23.1 Å². The van der Waals surface area contributed by atoms with Crippen molar-refractivity contribution < 1.29 is 9.59 Å². The van der Waals surface area contributed by atoms with Crippen LogP contribution in [-0.2, 0) is 4.79 Å². The van der Waals surface area contributed by atoms with E-state index in [1.807, 2.05) is 20.8 Å². The number of thioether (sulfide) groups is 2. The Hall–Kier alpha value is -0.800. The number of carbonyl (C=O) groups excluding carboxylic acids is 2. The summed E-state index contributed by atoms with van der Waals surface area (Å²) in [6, 6.07) is -0.406. The van der Waals surface area contributed by atoms with E-state index in [4.69, 9.17) is 0 Å². The van der Waals surface area contributed by atoms with Gasteiger partial charge in [-0.1, -0.05) is 48.7 Å². The fourth-order valence-corrected chi connectivity index (χ4v) is 3.81. The molecular weight excluding hydrogens is 316 g/mol. The molecular formula is C11H18N4O2S3. The molecule has 0 spiro atoms. The third-order valence-corrected chi connectivity index (χ3v) is 5.30. The molecule has 0 saturated heterocycles. The first kappa shape index (κ1) is 17.3. The number of imide groups is 1. The van der Waals surface area contributed by atoms with Crippen LogP contribution in [0.2, 0.25) is 0 Å². The van der Waals surface area contributed by atoms with Gasteiger partial charge in [-0.15, -0.1) is 10.2 Å². The van der Waals surface area contributed by atoms with Crippen LogP contribution < -0.4 is 10.6 Å². The van der Waals surface area contributed by atoms with Crippen molar-refractivity contribution >= 4 is 46.8 Å². The fourth-order valence-electron chi connectivity index (χ4n) is 1.09. The average molecular weight is 334 g/mol. The molecule has 1 aromatic rings. The smallest absolute Gasteiger partial charge is 0.321 e. The first-order valence-corrected chi connectivity index (χ1v) is 9.03. The molecule has 0 saturated carbocycles. The van der Waals surface area contributed by atoms with Crippen LogP contribution in [0.25, 0.3) is 0 Å². The molecule has 0 aliphatic rings. The maximum absolute atomic E-state index is 11.6. The number of carbonyl (C=O) groups is 2. The number of nitrogens with one attached hydrogen (secondary N) is 2.